The Morgan fingerprint density at radius 2 is 1.66 bits per heavy atom. The average Bonchev–Trinajstić information content (AvgIpc) is 2.73. The van der Waals surface area contributed by atoms with E-state index < -0.39 is 12.4 Å². The minimum Gasteiger partial charge on any atom is -0.494 e. The van der Waals surface area contributed by atoms with E-state index in [4.69, 9.17) is 23.7 Å². The predicted molar refractivity (Wildman–Crippen MR) is 111 cm³/mol. The van der Waals surface area contributed by atoms with E-state index >= 15 is 0 Å². The number of anilines is 1. The molecular weight excluding hydrogens is 374 g/mol. The van der Waals surface area contributed by atoms with Gasteiger partial charge in [-0.05, 0) is 42.8 Å². The highest BCUT2D eigenvalue weighted by molar-refractivity contribution is 5.86. The van der Waals surface area contributed by atoms with Gasteiger partial charge < -0.3 is 23.7 Å². The van der Waals surface area contributed by atoms with Crippen molar-refractivity contribution < 1.29 is 28.5 Å². The number of rotatable bonds is 12. The second-order valence-corrected chi connectivity index (χ2v) is 6.28. The largest absolute Gasteiger partial charge is 0.494 e. The van der Waals surface area contributed by atoms with Crippen molar-refractivity contribution in [1.29, 1.82) is 0 Å². The van der Waals surface area contributed by atoms with E-state index in [0.29, 0.717) is 23.8 Å². The van der Waals surface area contributed by atoms with Crippen LogP contribution in [0.15, 0.2) is 48.5 Å². The smallest absolute Gasteiger partial charge is 0.417 e. The number of hydrogen-bond donors (Lipinski definition) is 1. The fourth-order valence-corrected chi connectivity index (χ4v) is 2.45. The maximum absolute atomic E-state index is 12.1. The summed E-state index contributed by atoms with van der Waals surface area (Å²) in [5.74, 6) is 1.68. The fraction of sp³-hybridized carbons (Fsp3) is 0.409. The summed E-state index contributed by atoms with van der Waals surface area (Å²) in [5.41, 5.74) is 0.617. The first kappa shape index (κ1) is 22.5. The number of hydrogen-bond acceptors (Lipinski definition) is 6. The van der Waals surface area contributed by atoms with E-state index in [-0.39, 0.29) is 6.61 Å². The van der Waals surface area contributed by atoms with Crippen molar-refractivity contribution >= 4 is 11.8 Å². The van der Waals surface area contributed by atoms with Gasteiger partial charge in [-0.25, -0.2) is 4.79 Å². The van der Waals surface area contributed by atoms with Crippen molar-refractivity contribution in [3.63, 3.8) is 0 Å². The molecule has 29 heavy (non-hydrogen) atoms. The Kier molecular flexibility index (Phi) is 9.82. The number of amides is 1. The fourth-order valence-electron chi connectivity index (χ4n) is 2.45. The summed E-state index contributed by atoms with van der Waals surface area (Å²) in [5, 5.41) is 2.68. The van der Waals surface area contributed by atoms with Crippen molar-refractivity contribution in [3.8, 4) is 17.2 Å². The standard InChI is InChI=1S/C22H29NO6/c1-4-5-6-14-27-18-12-10-17(11-13-18)23-22(24)29-20-9-7-8-19(15-20)28-16-21(25-2)26-3/h7-13,15,21H,4-6,14,16H2,1-3H3,(H,23,24). The second kappa shape index (κ2) is 12.6. The van der Waals surface area contributed by atoms with Gasteiger partial charge in [-0.3, -0.25) is 5.32 Å². The molecular formula is C22H29NO6. The molecule has 2 rings (SSSR count). The Balaban J connectivity index is 1.82. The van der Waals surface area contributed by atoms with Gasteiger partial charge in [0.2, 0.25) is 0 Å². The normalized spacial score (nSPS) is 10.6. The van der Waals surface area contributed by atoms with E-state index in [1.165, 1.54) is 14.2 Å². The lowest BCUT2D eigenvalue weighted by atomic mass is 10.2. The van der Waals surface area contributed by atoms with Gasteiger partial charge in [0.25, 0.3) is 0 Å². The SMILES string of the molecule is CCCCCOc1ccc(NC(=O)Oc2cccc(OCC(OC)OC)c2)cc1. The van der Waals surface area contributed by atoms with Crippen LogP contribution in [-0.2, 0) is 9.47 Å². The zero-order valence-electron chi connectivity index (χ0n) is 17.2. The number of carbonyl (C=O) groups excluding carboxylic acids is 1. The van der Waals surface area contributed by atoms with Crippen LogP contribution in [0, 0.1) is 0 Å². The van der Waals surface area contributed by atoms with Crippen LogP contribution in [0.5, 0.6) is 17.2 Å². The van der Waals surface area contributed by atoms with Gasteiger partial charge in [-0.2, -0.15) is 0 Å². The molecule has 0 radical (unpaired) electrons. The minimum atomic E-state index is -0.592. The van der Waals surface area contributed by atoms with Crippen molar-refractivity contribution in [2.45, 2.75) is 32.5 Å². The van der Waals surface area contributed by atoms with Crippen LogP contribution in [-0.4, -0.2) is 39.8 Å². The lowest BCUT2D eigenvalue weighted by Crippen LogP contribution is -2.22. The molecule has 7 heteroatoms. The van der Waals surface area contributed by atoms with Crippen LogP contribution in [0.2, 0.25) is 0 Å². The Labute approximate surface area is 171 Å². The predicted octanol–water partition coefficient (Wildman–Crippen LogP) is 4.86. The average molecular weight is 403 g/mol. The van der Waals surface area contributed by atoms with Crippen LogP contribution in [0.1, 0.15) is 26.2 Å². The summed E-state index contributed by atoms with van der Waals surface area (Å²) in [6.45, 7) is 3.06. The molecule has 0 fully saturated rings. The molecule has 0 unspecified atom stereocenters. The third-order valence-electron chi connectivity index (χ3n) is 4.05. The monoisotopic (exact) mass is 403 g/mol. The summed E-state index contributed by atoms with van der Waals surface area (Å²) in [4.78, 5) is 12.1. The molecule has 1 N–H and O–H groups in total. The molecule has 0 aliphatic rings. The summed E-state index contributed by atoms with van der Waals surface area (Å²) in [7, 11) is 3.07. The van der Waals surface area contributed by atoms with Crippen molar-refractivity contribution in [2.24, 2.45) is 0 Å². The summed E-state index contributed by atoms with van der Waals surface area (Å²) >= 11 is 0. The van der Waals surface area contributed by atoms with Gasteiger partial charge in [0, 0.05) is 26.0 Å². The molecule has 2 aromatic rings. The lowest BCUT2D eigenvalue weighted by Gasteiger charge is -2.14. The van der Waals surface area contributed by atoms with Crippen LogP contribution < -0.4 is 19.5 Å². The topological polar surface area (TPSA) is 75.3 Å². The van der Waals surface area contributed by atoms with Crippen molar-refractivity contribution in [3.05, 3.63) is 48.5 Å². The molecule has 0 aliphatic heterocycles. The minimum absolute atomic E-state index is 0.218. The molecule has 0 aliphatic carbocycles. The number of methoxy groups -OCH3 is 2. The Morgan fingerprint density at radius 1 is 0.931 bits per heavy atom. The number of benzene rings is 2. The quantitative estimate of drug-likeness (QED) is 0.403. The Bertz CT molecular complexity index is 730. The molecule has 7 nitrogen and oxygen atoms in total. The zero-order chi connectivity index (χ0) is 20.9. The van der Waals surface area contributed by atoms with Gasteiger partial charge in [0.05, 0.1) is 6.61 Å². The second-order valence-electron chi connectivity index (χ2n) is 6.28. The van der Waals surface area contributed by atoms with Gasteiger partial charge in [0.1, 0.15) is 23.9 Å². The number of carbonyl (C=O) groups is 1. The third-order valence-corrected chi connectivity index (χ3v) is 4.05. The number of nitrogens with one attached hydrogen (secondary N) is 1. The number of unbranched alkanes of at least 4 members (excludes halogenated alkanes) is 2. The van der Waals surface area contributed by atoms with Crippen LogP contribution in [0.25, 0.3) is 0 Å². The van der Waals surface area contributed by atoms with Gasteiger partial charge >= 0.3 is 6.09 Å². The van der Waals surface area contributed by atoms with Gasteiger partial charge in [-0.15, -0.1) is 0 Å². The molecule has 0 spiro atoms. The van der Waals surface area contributed by atoms with E-state index in [1.807, 2.05) is 12.1 Å². The van der Waals surface area contributed by atoms with E-state index in [2.05, 4.69) is 12.2 Å². The summed E-state index contributed by atoms with van der Waals surface area (Å²) in [6, 6.07) is 14.0. The molecule has 0 aromatic heterocycles. The summed E-state index contributed by atoms with van der Waals surface area (Å²) < 4.78 is 26.7. The molecule has 0 saturated carbocycles. The number of ether oxygens (including phenoxy) is 5. The van der Waals surface area contributed by atoms with Gasteiger partial charge in [0.15, 0.2) is 6.29 Å². The maximum Gasteiger partial charge on any atom is 0.417 e. The molecule has 1 amide bonds. The molecule has 0 heterocycles. The van der Waals surface area contributed by atoms with Crippen molar-refractivity contribution in [1.82, 2.24) is 0 Å². The molecule has 0 atom stereocenters. The highest BCUT2D eigenvalue weighted by Crippen LogP contribution is 2.21. The molecule has 158 valence electrons. The first-order chi connectivity index (χ1) is 14.1. The maximum atomic E-state index is 12.1. The van der Waals surface area contributed by atoms with Crippen LogP contribution in [0.3, 0.4) is 0 Å². The first-order valence-corrected chi connectivity index (χ1v) is 9.64. The van der Waals surface area contributed by atoms with Crippen LogP contribution >= 0.6 is 0 Å². The van der Waals surface area contributed by atoms with Crippen LogP contribution in [0.4, 0.5) is 10.5 Å². The Morgan fingerprint density at radius 3 is 2.34 bits per heavy atom. The highest BCUT2D eigenvalue weighted by atomic mass is 16.7. The Hall–Kier alpha value is -2.77. The zero-order valence-corrected chi connectivity index (χ0v) is 17.2. The first-order valence-electron chi connectivity index (χ1n) is 9.64. The summed E-state index contributed by atoms with van der Waals surface area (Å²) in [6.07, 6.45) is 2.27. The lowest BCUT2D eigenvalue weighted by molar-refractivity contribution is -0.121. The molecule has 0 bridgehead atoms. The molecule has 0 saturated heterocycles. The van der Waals surface area contributed by atoms with E-state index in [0.717, 1.165) is 25.0 Å². The molecule has 2 aromatic carbocycles. The van der Waals surface area contributed by atoms with E-state index in [9.17, 15) is 4.79 Å². The highest BCUT2D eigenvalue weighted by Gasteiger charge is 2.09. The van der Waals surface area contributed by atoms with Gasteiger partial charge in [-0.1, -0.05) is 25.8 Å². The van der Waals surface area contributed by atoms with E-state index in [1.54, 1.807) is 36.4 Å². The van der Waals surface area contributed by atoms with Crippen molar-refractivity contribution in [2.75, 3.05) is 32.8 Å². The third kappa shape index (κ3) is 8.41.